The highest BCUT2D eigenvalue weighted by Gasteiger charge is 2.25. The Morgan fingerprint density at radius 2 is 2.00 bits per heavy atom. The normalized spacial score (nSPS) is 20.0. The minimum absolute atomic E-state index is 0. The van der Waals surface area contributed by atoms with E-state index in [1.807, 2.05) is 13.0 Å². The molecule has 0 bridgehead atoms. The summed E-state index contributed by atoms with van der Waals surface area (Å²) in [6.07, 6.45) is 6.58. The van der Waals surface area contributed by atoms with Gasteiger partial charge < -0.3 is 19.8 Å². The Morgan fingerprint density at radius 3 is 2.62 bits per heavy atom. The molecule has 1 saturated heterocycles. The predicted octanol–water partition coefficient (Wildman–Crippen LogP) is 2.85. The lowest BCUT2D eigenvalue weighted by atomic mass is 10.1. The molecule has 0 radical (unpaired) electrons. The molecule has 146 valence electrons. The van der Waals surface area contributed by atoms with E-state index in [0.717, 1.165) is 63.2 Å². The van der Waals surface area contributed by atoms with Crippen molar-refractivity contribution in [1.82, 2.24) is 15.5 Å². The van der Waals surface area contributed by atoms with Gasteiger partial charge in [0.25, 0.3) is 0 Å². The number of ether oxygens (including phenoxy) is 1. The molecule has 2 heterocycles. The monoisotopic (exact) mass is 474 g/mol. The standard InChI is InChI=1S/C19H30N4O2.HI/c1-3-20-19(22-16-6-4-5-7-16)21-14-17(18-9-8-15(2)25-18)23-10-12-24-13-11-23;/h4-5,8-9,16-17H,3,6-7,10-14H2,1-2H3,(H2,20,21,22);1H. The van der Waals surface area contributed by atoms with Gasteiger partial charge in [-0.1, -0.05) is 12.2 Å². The van der Waals surface area contributed by atoms with E-state index >= 15 is 0 Å². The Hall–Kier alpha value is -1.06. The van der Waals surface area contributed by atoms with Crippen LogP contribution < -0.4 is 10.6 Å². The number of nitrogens with one attached hydrogen (secondary N) is 2. The molecule has 1 aliphatic heterocycles. The molecular weight excluding hydrogens is 443 g/mol. The van der Waals surface area contributed by atoms with Crippen LogP contribution in [0.5, 0.6) is 0 Å². The van der Waals surface area contributed by atoms with Crippen LogP contribution in [0.3, 0.4) is 0 Å². The summed E-state index contributed by atoms with van der Waals surface area (Å²) in [6, 6.07) is 4.70. The van der Waals surface area contributed by atoms with Crippen LogP contribution in [0.4, 0.5) is 0 Å². The Balaban J connectivity index is 0.00000243. The second-order valence-electron chi connectivity index (χ2n) is 6.62. The van der Waals surface area contributed by atoms with Crippen molar-refractivity contribution >= 4 is 29.9 Å². The van der Waals surface area contributed by atoms with Gasteiger partial charge in [0.1, 0.15) is 11.5 Å². The summed E-state index contributed by atoms with van der Waals surface area (Å²) in [6.45, 7) is 8.97. The zero-order chi connectivity index (χ0) is 17.5. The third kappa shape index (κ3) is 5.99. The van der Waals surface area contributed by atoms with E-state index in [-0.39, 0.29) is 30.0 Å². The van der Waals surface area contributed by atoms with Crippen LogP contribution in [-0.2, 0) is 4.74 Å². The highest BCUT2D eigenvalue weighted by atomic mass is 127. The summed E-state index contributed by atoms with van der Waals surface area (Å²) in [4.78, 5) is 7.27. The Bertz CT molecular complexity index is 588. The number of hydrogen-bond donors (Lipinski definition) is 2. The van der Waals surface area contributed by atoms with Gasteiger partial charge in [0.05, 0.1) is 25.8 Å². The van der Waals surface area contributed by atoms with Crippen LogP contribution in [0, 0.1) is 6.92 Å². The maximum atomic E-state index is 5.92. The fraction of sp³-hybridized carbons (Fsp3) is 0.632. The average molecular weight is 474 g/mol. The van der Waals surface area contributed by atoms with E-state index in [4.69, 9.17) is 14.1 Å². The second kappa shape index (κ2) is 10.9. The minimum Gasteiger partial charge on any atom is -0.465 e. The zero-order valence-corrected chi connectivity index (χ0v) is 18.1. The van der Waals surface area contributed by atoms with Gasteiger partial charge in [0, 0.05) is 25.7 Å². The van der Waals surface area contributed by atoms with Gasteiger partial charge in [-0.2, -0.15) is 0 Å². The van der Waals surface area contributed by atoms with E-state index in [9.17, 15) is 0 Å². The summed E-state index contributed by atoms with van der Waals surface area (Å²) < 4.78 is 11.4. The number of halogens is 1. The van der Waals surface area contributed by atoms with Crippen LogP contribution in [0.25, 0.3) is 0 Å². The van der Waals surface area contributed by atoms with Crippen molar-refractivity contribution in [2.45, 2.75) is 38.8 Å². The zero-order valence-electron chi connectivity index (χ0n) is 15.7. The van der Waals surface area contributed by atoms with Crippen molar-refractivity contribution in [3.05, 3.63) is 35.8 Å². The molecule has 1 unspecified atom stereocenters. The molecule has 2 aliphatic rings. The van der Waals surface area contributed by atoms with Gasteiger partial charge in [-0.05, 0) is 38.8 Å². The van der Waals surface area contributed by atoms with Gasteiger partial charge >= 0.3 is 0 Å². The van der Waals surface area contributed by atoms with Crippen molar-refractivity contribution in [2.24, 2.45) is 4.99 Å². The van der Waals surface area contributed by atoms with E-state index in [2.05, 4.69) is 40.7 Å². The lowest BCUT2D eigenvalue weighted by Crippen LogP contribution is -2.44. The van der Waals surface area contributed by atoms with Crippen LogP contribution in [0.1, 0.15) is 37.3 Å². The molecule has 1 aromatic rings. The minimum atomic E-state index is 0. The molecule has 0 saturated carbocycles. The maximum Gasteiger partial charge on any atom is 0.191 e. The Kier molecular flexibility index (Phi) is 8.94. The molecule has 1 aliphatic carbocycles. The van der Waals surface area contributed by atoms with Crippen LogP contribution in [0.2, 0.25) is 0 Å². The Morgan fingerprint density at radius 1 is 1.27 bits per heavy atom. The third-order valence-corrected chi connectivity index (χ3v) is 4.69. The SMILES string of the molecule is CCNC(=NCC(c1ccc(C)o1)N1CCOCC1)NC1CC=CC1.I. The second-order valence-corrected chi connectivity index (χ2v) is 6.62. The molecule has 7 heteroatoms. The molecule has 0 aromatic carbocycles. The number of morpholine rings is 1. The highest BCUT2D eigenvalue weighted by molar-refractivity contribution is 14.0. The van der Waals surface area contributed by atoms with Crippen molar-refractivity contribution < 1.29 is 9.15 Å². The first-order chi connectivity index (χ1) is 12.3. The first-order valence-electron chi connectivity index (χ1n) is 9.34. The lowest BCUT2D eigenvalue weighted by Gasteiger charge is -2.32. The largest absolute Gasteiger partial charge is 0.465 e. The fourth-order valence-corrected chi connectivity index (χ4v) is 3.33. The number of aryl methyl sites for hydroxylation is 1. The van der Waals surface area contributed by atoms with Gasteiger partial charge in [-0.15, -0.1) is 24.0 Å². The van der Waals surface area contributed by atoms with E-state index in [1.54, 1.807) is 0 Å². The van der Waals surface area contributed by atoms with Crippen LogP contribution in [0.15, 0.2) is 33.7 Å². The van der Waals surface area contributed by atoms with Crippen molar-refractivity contribution in [3.8, 4) is 0 Å². The van der Waals surface area contributed by atoms with Crippen LogP contribution >= 0.6 is 24.0 Å². The number of rotatable bonds is 6. The molecule has 2 N–H and O–H groups in total. The number of nitrogens with zero attached hydrogens (tertiary/aromatic N) is 2. The first kappa shape index (κ1) is 21.2. The van der Waals surface area contributed by atoms with Gasteiger partial charge in [0.2, 0.25) is 0 Å². The van der Waals surface area contributed by atoms with E-state index in [0.29, 0.717) is 12.6 Å². The lowest BCUT2D eigenvalue weighted by molar-refractivity contribution is 0.0135. The topological polar surface area (TPSA) is 62.0 Å². The smallest absolute Gasteiger partial charge is 0.191 e. The number of furan rings is 1. The fourth-order valence-electron chi connectivity index (χ4n) is 3.33. The molecule has 0 spiro atoms. The van der Waals surface area contributed by atoms with Crippen molar-refractivity contribution in [2.75, 3.05) is 39.4 Å². The molecule has 6 nitrogen and oxygen atoms in total. The van der Waals surface area contributed by atoms with Gasteiger partial charge in [0.15, 0.2) is 5.96 Å². The molecule has 26 heavy (non-hydrogen) atoms. The Labute approximate surface area is 173 Å². The van der Waals surface area contributed by atoms with Crippen molar-refractivity contribution in [1.29, 1.82) is 0 Å². The maximum absolute atomic E-state index is 5.92. The molecule has 3 rings (SSSR count). The molecular formula is C19H31IN4O2. The molecule has 1 fully saturated rings. The van der Waals surface area contributed by atoms with Gasteiger partial charge in [-0.3, -0.25) is 9.89 Å². The summed E-state index contributed by atoms with van der Waals surface area (Å²) in [5.74, 6) is 2.82. The van der Waals surface area contributed by atoms with E-state index in [1.165, 1.54) is 0 Å². The predicted molar refractivity (Wildman–Crippen MR) is 115 cm³/mol. The van der Waals surface area contributed by atoms with Gasteiger partial charge in [-0.25, -0.2) is 0 Å². The number of hydrogen-bond acceptors (Lipinski definition) is 4. The highest BCUT2D eigenvalue weighted by Crippen LogP contribution is 2.24. The van der Waals surface area contributed by atoms with Crippen molar-refractivity contribution in [3.63, 3.8) is 0 Å². The average Bonchev–Trinajstić information content (AvgIpc) is 3.28. The third-order valence-electron chi connectivity index (χ3n) is 4.69. The first-order valence-corrected chi connectivity index (χ1v) is 9.34. The summed E-state index contributed by atoms with van der Waals surface area (Å²) in [5, 5.41) is 6.90. The number of guanidine groups is 1. The summed E-state index contributed by atoms with van der Waals surface area (Å²) in [7, 11) is 0. The molecule has 0 amide bonds. The summed E-state index contributed by atoms with van der Waals surface area (Å²) in [5.41, 5.74) is 0. The van der Waals surface area contributed by atoms with E-state index < -0.39 is 0 Å². The molecule has 1 atom stereocenters. The summed E-state index contributed by atoms with van der Waals surface area (Å²) >= 11 is 0. The quantitative estimate of drug-likeness (QED) is 0.288. The molecule has 1 aromatic heterocycles. The van der Waals surface area contributed by atoms with Crippen LogP contribution in [-0.4, -0.2) is 56.3 Å². The number of aliphatic imine (C=N–C) groups is 1.